The van der Waals surface area contributed by atoms with E-state index >= 15 is 0 Å². The average molecular weight is 522 g/mol. The standard InChI is InChI=1S/C21H39N5S.HI/c1-6-22-21(24-19-9-12-26(13-10-19)17(4)5)23-15-20(25(7-2)8-3)18-11-14-27-16-18;/h11,14,16-17,19-20H,6-10,12-13,15H2,1-5H3,(H2,22,23,24);1H. The summed E-state index contributed by atoms with van der Waals surface area (Å²) in [6.07, 6.45) is 2.37. The normalized spacial score (nSPS) is 17.6. The largest absolute Gasteiger partial charge is 0.357 e. The molecule has 1 aliphatic heterocycles. The number of nitrogens with zero attached hydrogens (tertiary/aromatic N) is 3. The second-order valence-electron chi connectivity index (χ2n) is 7.56. The summed E-state index contributed by atoms with van der Waals surface area (Å²) in [6, 6.07) is 3.76. The number of hydrogen-bond donors (Lipinski definition) is 2. The van der Waals surface area contributed by atoms with Gasteiger partial charge in [-0.2, -0.15) is 11.3 Å². The van der Waals surface area contributed by atoms with Gasteiger partial charge in [0.1, 0.15) is 0 Å². The Hall–Kier alpha value is -0.380. The van der Waals surface area contributed by atoms with Crippen LogP contribution in [0, 0.1) is 0 Å². The molecule has 1 aromatic heterocycles. The molecule has 0 aliphatic carbocycles. The van der Waals surface area contributed by atoms with Gasteiger partial charge in [-0.1, -0.05) is 13.8 Å². The minimum absolute atomic E-state index is 0. The fraction of sp³-hybridized carbons (Fsp3) is 0.762. The average Bonchev–Trinajstić information content (AvgIpc) is 3.20. The van der Waals surface area contributed by atoms with Crippen LogP contribution < -0.4 is 10.6 Å². The molecule has 5 nitrogen and oxygen atoms in total. The molecule has 28 heavy (non-hydrogen) atoms. The maximum atomic E-state index is 4.98. The lowest BCUT2D eigenvalue weighted by atomic mass is 10.0. The lowest BCUT2D eigenvalue weighted by Gasteiger charge is -2.35. The number of nitrogens with one attached hydrogen (secondary N) is 2. The molecule has 1 aliphatic rings. The Morgan fingerprint density at radius 3 is 2.43 bits per heavy atom. The first-order valence-electron chi connectivity index (χ1n) is 10.6. The number of halogens is 1. The third kappa shape index (κ3) is 7.80. The molecule has 2 rings (SSSR count). The van der Waals surface area contributed by atoms with Crippen LogP contribution in [0.2, 0.25) is 0 Å². The van der Waals surface area contributed by atoms with Gasteiger partial charge in [-0.25, -0.2) is 0 Å². The molecular formula is C21H40IN5S. The van der Waals surface area contributed by atoms with E-state index in [-0.39, 0.29) is 24.0 Å². The molecule has 2 heterocycles. The van der Waals surface area contributed by atoms with Crippen LogP contribution in [0.5, 0.6) is 0 Å². The van der Waals surface area contributed by atoms with Crippen molar-refractivity contribution in [3.63, 3.8) is 0 Å². The van der Waals surface area contributed by atoms with Crippen molar-refractivity contribution in [1.82, 2.24) is 20.4 Å². The van der Waals surface area contributed by atoms with Crippen molar-refractivity contribution in [2.45, 2.75) is 65.6 Å². The van der Waals surface area contributed by atoms with E-state index in [0.717, 1.165) is 32.1 Å². The molecule has 1 unspecified atom stereocenters. The van der Waals surface area contributed by atoms with Crippen molar-refractivity contribution in [1.29, 1.82) is 0 Å². The first-order valence-corrected chi connectivity index (χ1v) is 11.6. The summed E-state index contributed by atoms with van der Waals surface area (Å²) in [5.41, 5.74) is 1.38. The third-order valence-electron chi connectivity index (χ3n) is 5.55. The van der Waals surface area contributed by atoms with Gasteiger partial charge < -0.3 is 15.5 Å². The van der Waals surface area contributed by atoms with E-state index in [0.29, 0.717) is 18.1 Å². The number of likely N-dealkylation sites (N-methyl/N-ethyl adjacent to an activating group) is 1. The molecule has 2 N–H and O–H groups in total. The number of rotatable bonds is 9. The molecule has 1 atom stereocenters. The van der Waals surface area contributed by atoms with Gasteiger partial charge in [-0.3, -0.25) is 9.89 Å². The van der Waals surface area contributed by atoms with Crippen molar-refractivity contribution < 1.29 is 0 Å². The fourth-order valence-electron chi connectivity index (χ4n) is 3.81. The van der Waals surface area contributed by atoms with Gasteiger partial charge in [0.25, 0.3) is 0 Å². The fourth-order valence-corrected chi connectivity index (χ4v) is 4.52. The third-order valence-corrected chi connectivity index (χ3v) is 6.25. The van der Waals surface area contributed by atoms with Gasteiger partial charge in [0.05, 0.1) is 12.6 Å². The second-order valence-corrected chi connectivity index (χ2v) is 8.34. The van der Waals surface area contributed by atoms with Crippen LogP contribution in [0.4, 0.5) is 0 Å². The molecule has 0 aromatic carbocycles. The second kappa shape index (κ2) is 13.8. The van der Waals surface area contributed by atoms with E-state index < -0.39 is 0 Å². The zero-order valence-corrected chi connectivity index (χ0v) is 21.4. The van der Waals surface area contributed by atoms with E-state index in [4.69, 9.17) is 4.99 Å². The molecule has 7 heteroatoms. The zero-order valence-electron chi connectivity index (χ0n) is 18.3. The van der Waals surface area contributed by atoms with Crippen molar-refractivity contribution in [2.75, 3.05) is 39.3 Å². The number of piperidine rings is 1. The predicted molar refractivity (Wildman–Crippen MR) is 134 cm³/mol. The summed E-state index contributed by atoms with van der Waals surface area (Å²) < 4.78 is 0. The molecule has 0 bridgehead atoms. The zero-order chi connectivity index (χ0) is 19.6. The maximum absolute atomic E-state index is 4.98. The Labute approximate surface area is 193 Å². The Balaban J connectivity index is 0.00000392. The predicted octanol–water partition coefficient (Wildman–Crippen LogP) is 4.18. The van der Waals surface area contributed by atoms with Crippen molar-refractivity contribution in [3.8, 4) is 0 Å². The monoisotopic (exact) mass is 521 g/mol. The summed E-state index contributed by atoms with van der Waals surface area (Å²) in [5.74, 6) is 0.966. The van der Waals surface area contributed by atoms with E-state index in [2.05, 4.69) is 71.9 Å². The summed E-state index contributed by atoms with van der Waals surface area (Å²) in [5, 5.41) is 11.6. The van der Waals surface area contributed by atoms with Crippen LogP contribution in [0.1, 0.15) is 59.1 Å². The Morgan fingerprint density at radius 1 is 1.25 bits per heavy atom. The Bertz CT molecular complexity index is 537. The van der Waals surface area contributed by atoms with Crippen LogP contribution in [0.25, 0.3) is 0 Å². The molecule has 0 amide bonds. The molecule has 1 fully saturated rings. The summed E-state index contributed by atoms with van der Waals surface area (Å²) in [7, 11) is 0. The minimum Gasteiger partial charge on any atom is -0.357 e. The molecule has 1 aromatic rings. The maximum Gasteiger partial charge on any atom is 0.191 e. The van der Waals surface area contributed by atoms with Crippen LogP contribution in [-0.4, -0.2) is 67.1 Å². The van der Waals surface area contributed by atoms with Crippen molar-refractivity contribution in [3.05, 3.63) is 22.4 Å². The highest BCUT2D eigenvalue weighted by Crippen LogP contribution is 2.23. The number of likely N-dealkylation sites (tertiary alicyclic amines) is 1. The molecule has 0 radical (unpaired) electrons. The molecule has 0 spiro atoms. The minimum atomic E-state index is 0. The van der Waals surface area contributed by atoms with Gasteiger partial charge in [0, 0.05) is 31.7 Å². The van der Waals surface area contributed by atoms with Crippen LogP contribution >= 0.6 is 35.3 Å². The number of thiophene rings is 1. The van der Waals surface area contributed by atoms with Gasteiger partial charge in [-0.15, -0.1) is 24.0 Å². The van der Waals surface area contributed by atoms with Crippen molar-refractivity contribution >= 4 is 41.3 Å². The number of aliphatic imine (C=N–C) groups is 1. The SMILES string of the molecule is CCNC(=NCC(c1ccsc1)N(CC)CC)NC1CCN(C(C)C)CC1.I. The number of hydrogen-bond acceptors (Lipinski definition) is 4. The molecule has 0 saturated carbocycles. The first kappa shape index (κ1) is 25.7. The van der Waals surface area contributed by atoms with E-state index in [9.17, 15) is 0 Å². The lowest BCUT2D eigenvalue weighted by molar-refractivity contribution is 0.167. The van der Waals surface area contributed by atoms with Crippen molar-refractivity contribution in [2.24, 2.45) is 4.99 Å². The van der Waals surface area contributed by atoms with E-state index in [1.54, 1.807) is 11.3 Å². The topological polar surface area (TPSA) is 42.9 Å². The van der Waals surface area contributed by atoms with Crippen LogP contribution in [0.15, 0.2) is 21.8 Å². The van der Waals surface area contributed by atoms with Crippen LogP contribution in [0.3, 0.4) is 0 Å². The van der Waals surface area contributed by atoms with Gasteiger partial charge >= 0.3 is 0 Å². The highest BCUT2D eigenvalue weighted by Gasteiger charge is 2.22. The molecular weight excluding hydrogens is 481 g/mol. The van der Waals surface area contributed by atoms with Gasteiger partial charge in [0.15, 0.2) is 5.96 Å². The first-order chi connectivity index (χ1) is 13.1. The molecule has 162 valence electrons. The highest BCUT2D eigenvalue weighted by atomic mass is 127. The smallest absolute Gasteiger partial charge is 0.191 e. The molecule has 1 saturated heterocycles. The quantitative estimate of drug-likeness (QED) is 0.291. The van der Waals surface area contributed by atoms with Gasteiger partial charge in [-0.05, 0) is 69.1 Å². The highest BCUT2D eigenvalue weighted by molar-refractivity contribution is 14.0. The summed E-state index contributed by atoms with van der Waals surface area (Å²) in [4.78, 5) is 10.0. The summed E-state index contributed by atoms with van der Waals surface area (Å²) >= 11 is 1.77. The van der Waals surface area contributed by atoms with Crippen LogP contribution in [-0.2, 0) is 0 Å². The Morgan fingerprint density at radius 2 is 1.93 bits per heavy atom. The van der Waals surface area contributed by atoms with Gasteiger partial charge in [0.2, 0.25) is 0 Å². The number of guanidine groups is 1. The lowest BCUT2D eigenvalue weighted by Crippen LogP contribution is -2.50. The van der Waals surface area contributed by atoms with E-state index in [1.807, 2.05) is 0 Å². The van der Waals surface area contributed by atoms with E-state index in [1.165, 1.54) is 31.5 Å². The Kier molecular flexibility index (Phi) is 12.6. The summed E-state index contributed by atoms with van der Waals surface area (Å²) in [6.45, 7) is 17.3.